The summed E-state index contributed by atoms with van der Waals surface area (Å²) in [5, 5.41) is -2.04. The van der Waals surface area contributed by atoms with Crippen LogP contribution in [-0.4, -0.2) is 39.3 Å². The van der Waals surface area contributed by atoms with Crippen molar-refractivity contribution >= 4 is 21.8 Å². The lowest BCUT2D eigenvalue weighted by Gasteiger charge is -2.56. The second-order valence-corrected chi connectivity index (χ2v) is 10.2. The molecule has 1 unspecified atom stereocenters. The molecule has 0 spiro atoms. The van der Waals surface area contributed by atoms with E-state index in [1.807, 2.05) is 6.92 Å². The minimum Gasteiger partial charge on any atom is -0.468 e. The number of methoxy groups -OCH3 is 1. The van der Waals surface area contributed by atoms with Gasteiger partial charge in [0, 0.05) is 0 Å². The highest BCUT2D eigenvalue weighted by Crippen LogP contribution is 2.59. The van der Waals surface area contributed by atoms with Gasteiger partial charge in [-0.05, 0) is 54.7 Å². The Kier molecular flexibility index (Phi) is 5.40. The molecule has 1 aromatic carbocycles. The SMILES string of the molecule is COC(=O)C(C(=O)OCC1=CC[C@H]2C[C@@H]1C2(C)C)S(=O)(=O)c1ccc(C)cc1. The smallest absolute Gasteiger partial charge is 0.336 e. The number of hydrogen-bond donors (Lipinski definition) is 0. The molecular formula is C21H26O6S. The van der Waals surface area contributed by atoms with Crippen LogP contribution in [0.4, 0.5) is 0 Å². The molecule has 0 amide bonds. The topological polar surface area (TPSA) is 86.7 Å². The molecule has 152 valence electrons. The van der Waals surface area contributed by atoms with Gasteiger partial charge in [-0.1, -0.05) is 37.6 Å². The molecule has 1 saturated carbocycles. The minimum absolute atomic E-state index is 0.00341. The first-order valence-corrected chi connectivity index (χ1v) is 10.9. The summed E-state index contributed by atoms with van der Waals surface area (Å²) in [6.07, 6.45) is 4.05. The molecule has 4 rings (SSSR count). The van der Waals surface area contributed by atoms with Crippen molar-refractivity contribution in [3.05, 3.63) is 41.5 Å². The summed E-state index contributed by atoms with van der Waals surface area (Å²) in [6, 6.07) is 5.95. The van der Waals surface area contributed by atoms with Gasteiger partial charge < -0.3 is 9.47 Å². The molecule has 3 atom stereocenters. The van der Waals surface area contributed by atoms with E-state index in [4.69, 9.17) is 4.74 Å². The van der Waals surface area contributed by atoms with Gasteiger partial charge in [-0.15, -0.1) is 0 Å². The fourth-order valence-electron chi connectivity index (χ4n) is 4.19. The predicted molar refractivity (Wildman–Crippen MR) is 103 cm³/mol. The maximum absolute atomic E-state index is 12.9. The molecule has 28 heavy (non-hydrogen) atoms. The van der Waals surface area contributed by atoms with E-state index in [2.05, 4.69) is 24.7 Å². The molecule has 3 aliphatic rings. The molecule has 0 radical (unpaired) electrons. The molecule has 0 aromatic heterocycles. The number of carbonyl (C=O) groups is 2. The lowest BCUT2D eigenvalue weighted by molar-refractivity contribution is -0.152. The van der Waals surface area contributed by atoms with Crippen LogP contribution in [0.15, 0.2) is 40.8 Å². The Labute approximate surface area is 165 Å². The summed E-state index contributed by atoms with van der Waals surface area (Å²) >= 11 is 0. The molecule has 3 aliphatic carbocycles. The molecule has 1 aromatic rings. The molecule has 0 saturated heterocycles. The van der Waals surface area contributed by atoms with E-state index in [0.29, 0.717) is 11.8 Å². The summed E-state index contributed by atoms with van der Waals surface area (Å²) in [4.78, 5) is 24.7. The van der Waals surface area contributed by atoms with Crippen molar-refractivity contribution in [3.63, 3.8) is 0 Å². The summed E-state index contributed by atoms with van der Waals surface area (Å²) in [5.74, 6) is -1.29. The van der Waals surface area contributed by atoms with Crippen LogP contribution in [-0.2, 0) is 28.9 Å². The van der Waals surface area contributed by atoms with Gasteiger partial charge in [0.15, 0.2) is 0 Å². The summed E-state index contributed by atoms with van der Waals surface area (Å²) in [6.45, 7) is 6.20. The molecule has 0 N–H and O–H groups in total. The Bertz CT molecular complexity index is 911. The first-order valence-electron chi connectivity index (χ1n) is 9.33. The second kappa shape index (κ2) is 7.35. The molecule has 6 nitrogen and oxygen atoms in total. The molecular weight excluding hydrogens is 380 g/mol. The molecule has 0 aliphatic heterocycles. The average Bonchev–Trinajstić information content (AvgIpc) is 2.66. The van der Waals surface area contributed by atoms with Crippen molar-refractivity contribution in [3.8, 4) is 0 Å². The van der Waals surface area contributed by atoms with Crippen LogP contribution in [0.5, 0.6) is 0 Å². The lowest BCUT2D eigenvalue weighted by Crippen LogP contribution is -2.49. The van der Waals surface area contributed by atoms with Crippen molar-refractivity contribution in [2.45, 2.75) is 43.8 Å². The van der Waals surface area contributed by atoms with E-state index < -0.39 is 27.0 Å². The third-order valence-electron chi connectivity index (χ3n) is 6.25. The fourth-order valence-corrected chi connectivity index (χ4v) is 5.65. The van der Waals surface area contributed by atoms with Gasteiger partial charge in [-0.2, -0.15) is 0 Å². The van der Waals surface area contributed by atoms with Crippen molar-refractivity contribution in [2.75, 3.05) is 13.7 Å². The van der Waals surface area contributed by atoms with Gasteiger partial charge in [0.05, 0.1) is 12.0 Å². The number of fused-ring (bicyclic) bond motifs is 1. The Morgan fingerprint density at radius 1 is 1.18 bits per heavy atom. The first kappa shape index (κ1) is 20.6. The van der Waals surface area contributed by atoms with E-state index in [-0.39, 0.29) is 16.9 Å². The van der Waals surface area contributed by atoms with Gasteiger partial charge in [0.2, 0.25) is 9.84 Å². The first-order chi connectivity index (χ1) is 13.1. The Morgan fingerprint density at radius 2 is 1.82 bits per heavy atom. The normalized spacial score (nSPS) is 23.8. The average molecular weight is 407 g/mol. The number of benzene rings is 1. The van der Waals surface area contributed by atoms with Gasteiger partial charge in [0.1, 0.15) is 6.61 Å². The number of aryl methyl sites for hydroxylation is 1. The van der Waals surface area contributed by atoms with Crippen molar-refractivity contribution in [2.24, 2.45) is 17.3 Å². The molecule has 7 heteroatoms. The lowest BCUT2D eigenvalue weighted by atomic mass is 9.49. The fraction of sp³-hybridized carbons (Fsp3) is 0.524. The zero-order valence-electron chi connectivity index (χ0n) is 16.6. The Hall–Kier alpha value is -2.15. The number of sulfone groups is 1. The molecule has 0 heterocycles. The highest BCUT2D eigenvalue weighted by atomic mass is 32.2. The summed E-state index contributed by atoms with van der Waals surface area (Å²) in [5.41, 5.74) is 2.02. The number of rotatable bonds is 6. The van der Waals surface area contributed by atoms with Gasteiger partial charge in [-0.3, -0.25) is 4.79 Å². The van der Waals surface area contributed by atoms with Gasteiger partial charge in [-0.25, -0.2) is 13.2 Å². The molecule has 2 bridgehead atoms. The van der Waals surface area contributed by atoms with Gasteiger partial charge >= 0.3 is 11.9 Å². The third-order valence-corrected chi connectivity index (χ3v) is 8.19. The van der Waals surface area contributed by atoms with Crippen LogP contribution < -0.4 is 0 Å². The van der Waals surface area contributed by atoms with E-state index >= 15 is 0 Å². The summed E-state index contributed by atoms with van der Waals surface area (Å²) in [7, 11) is -3.23. The maximum Gasteiger partial charge on any atom is 0.336 e. The highest BCUT2D eigenvalue weighted by molar-refractivity contribution is 7.93. The largest absolute Gasteiger partial charge is 0.468 e. The monoisotopic (exact) mass is 406 g/mol. The zero-order chi connectivity index (χ0) is 20.7. The van der Waals surface area contributed by atoms with Crippen LogP contribution in [0.25, 0.3) is 0 Å². The van der Waals surface area contributed by atoms with Crippen molar-refractivity contribution < 1.29 is 27.5 Å². The van der Waals surface area contributed by atoms with Gasteiger partial charge in [0.25, 0.3) is 5.25 Å². The van der Waals surface area contributed by atoms with E-state index in [1.165, 1.54) is 12.1 Å². The number of ether oxygens (including phenoxy) is 2. The van der Waals surface area contributed by atoms with Crippen molar-refractivity contribution in [1.29, 1.82) is 0 Å². The number of allylic oxidation sites excluding steroid dienone is 1. The van der Waals surface area contributed by atoms with Crippen LogP contribution in [0.1, 0.15) is 32.3 Å². The van der Waals surface area contributed by atoms with E-state index in [0.717, 1.165) is 31.1 Å². The van der Waals surface area contributed by atoms with Crippen LogP contribution in [0, 0.1) is 24.2 Å². The quantitative estimate of drug-likeness (QED) is 0.410. The van der Waals surface area contributed by atoms with E-state index in [1.54, 1.807) is 12.1 Å². The van der Waals surface area contributed by atoms with Crippen LogP contribution in [0.3, 0.4) is 0 Å². The number of hydrogen-bond acceptors (Lipinski definition) is 6. The standard InChI is InChI=1S/C21H26O6S/c1-13-5-9-16(10-6-13)28(24,25)18(19(22)26-4)20(23)27-12-14-7-8-15-11-17(14)21(15,2)3/h5-7,9-10,15,17-18H,8,11-12H2,1-4H3/t15-,17-,18?/m0/s1. The molecule has 1 fully saturated rings. The highest BCUT2D eigenvalue weighted by Gasteiger charge is 2.51. The predicted octanol–water partition coefficient (Wildman–Crippen LogP) is 2.85. The Morgan fingerprint density at radius 3 is 2.36 bits per heavy atom. The maximum atomic E-state index is 12.9. The second-order valence-electron chi connectivity index (χ2n) is 8.19. The number of esters is 2. The van der Waals surface area contributed by atoms with Crippen LogP contribution >= 0.6 is 0 Å². The zero-order valence-corrected chi connectivity index (χ0v) is 17.4. The van der Waals surface area contributed by atoms with Crippen LogP contribution in [0.2, 0.25) is 0 Å². The van der Waals surface area contributed by atoms with E-state index in [9.17, 15) is 18.0 Å². The third kappa shape index (κ3) is 3.48. The Balaban J connectivity index is 1.78. The number of carbonyl (C=O) groups excluding carboxylic acids is 2. The van der Waals surface area contributed by atoms with Crippen molar-refractivity contribution in [1.82, 2.24) is 0 Å². The minimum atomic E-state index is -4.28. The summed E-state index contributed by atoms with van der Waals surface area (Å²) < 4.78 is 35.7.